The number of hydrogen-bond donors (Lipinski definition) is 1. The molecule has 1 aliphatic heterocycles. The number of fused-ring (bicyclic) bond motifs is 1. The van der Waals surface area contributed by atoms with Crippen LogP contribution >= 0.6 is 0 Å². The van der Waals surface area contributed by atoms with Crippen LogP contribution in [0.1, 0.15) is 29.3 Å². The Balaban J connectivity index is 1.94. The summed E-state index contributed by atoms with van der Waals surface area (Å²) in [7, 11) is 0. The number of amides is 2. The van der Waals surface area contributed by atoms with E-state index in [1.165, 1.54) is 0 Å². The van der Waals surface area contributed by atoms with Crippen molar-refractivity contribution in [2.75, 3.05) is 13.1 Å². The fourth-order valence-electron chi connectivity index (χ4n) is 2.87. The van der Waals surface area contributed by atoms with Crippen molar-refractivity contribution in [3.63, 3.8) is 0 Å². The molecule has 0 bridgehead atoms. The van der Waals surface area contributed by atoms with Gasteiger partial charge < -0.3 is 10.2 Å². The van der Waals surface area contributed by atoms with Crippen molar-refractivity contribution in [3.8, 4) is 0 Å². The summed E-state index contributed by atoms with van der Waals surface area (Å²) in [5.41, 5.74) is 2.63. The Kier molecular flexibility index (Phi) is 3.79. The van der Waals surface area contributed by atoms with E-state index >= 15 is 0 Å². The summed E-state index contributed by atoms with van der Waals surface area (Å²) >= 11 is 0. The average molecular weight is 297 g/mol. The van der Waals surface area contributed by atoms with E-state index in [9.17, 15) is 9.59 Å². The first-order valence-electron chi connectivity index (χ1n) is 7.49. The van der Waals surface area contributed by atoms with E-state index in [1.54, 1.807) is 11.1 Å². The van der Waals surface area contributed by atoms with Crippen LogP contribution in [-0.4, -0.2) is 40.8 Å². The van der Waals surface area contributed by atoms with Gasteiger partial charge in [0.2, 0.25) is 5.91 Å². The van der Waals surface area contributed by atoms with E-state index in [0.29, 0.717) is 25.1 Å². The molecule has 0 spiro atoms. The summed E-state index contributed by atoms with van der Waals surface area (Å²) < 4.78 is 0. The number of aryl methyl sites for hydroxylation is 1. The molecule has 5 nitrogen and oxygen atoms in total. The van der Waals surface area contributed by atoms with Crippen molar-refractivity contribution >= 4 is 22.7 Å². The SMILES string of the molecule is Cc1ccnc2ccc(C(=O)N3CCNC(=O)CC3C)cc12. The van der Waals surface area contributed by atoms with Gasteiger partial charge in [-0.15, -0.1) is 0 Å². The third kappa shape index (κ3) is 2.66. The molecule has 1 aliphatic rings. The van der Waals surface area contributed by atoms with E-state index in [1.807, 2.05) is 38.1 Å². The number of pyridine rings is 1. The maximum absolute atomic E-state index is 12.8. The summed E-state index contributed by atoms with van der Waals surface area (Å²) in [6.07, 6.45) is 2.12. The normalized spacial score (nSPS) is 18.9. The molecular weight excluding hydrogens is 278 g/mol. The van der Waals surface area contributed by atoms with Crippen molar-refractivity contribution in [2.24, 2.45) is 0 Å². The van der Waals surface area contributed by atoms with E-state index in [-0.39, 0.29) is 17.9 Å². The van der Waals surface area contributed by atoms with Crippen molar-refractivity contribution in [2.45, 2.75) is 26.3 Å². The van der Waals surface area contributed by atoms with Gasteiger partial charge in [-0.3, -0.25) is 14.6 Å². The van der Waals surface area contributed by atoms with Crippen LogP contribution in [0.4, 0.5) is 0 Å². The highest BCUT2D eigenvalue weighted by Gasteiger charge is 2.26. The summed E-state index contributed by atoms with van der Waals surface area (Å²) in [6, 6.07) is 7.42. The van der Waals surface area contributed by atoms with Gasteiger partial charge in [0.15, 0.2) is 0 Å². The van der Waals surface area contributed by atoms with Crippen LogP contribution in [0.25, 0.3) is 10.9 Å². The maximum atomic E-state index is 12.8. The highest BCUT2D eigenvalue weighted by atomic mass is 16.2. The van der Waals surface area contributed by atoms with E-state index in [2.05, 4.69) is 10.3 Å². The van der Waals surface area contributed by atoms with Gasteiger partial charge in [-0.25, -0.2) is 0 Å². The predicted molar refractivity (Wildman–Crippen MR) is 84.6 cm³/mol. The zero-order chi connectivity index (χ0) is 15.7. The summed E-state index contributed by atoms with van der Waals surface area (Å²) in [4.78, 5) is 30.4. The Morgan fingerprint density at radius 1 is 1.36 bits per heavy atom. The first-order chi connectivity index (χ1) is 10.6. The number of carbonyl (C=O) groups excluding carboxylic acids is 2. The molecule has 0 radical (unpaired) electrons. The smallest absolute Gasteiger partial charge is 0.254 e. The third-order valence-corrected chi connectivity index (χ3v) is 4.16. The number of hydrogen-bond acceptors (Lipinski definition) is 3. The lowest BCUT2D eigenvalue weighted by atomic mass is 10.1. The molecule has 5 heteroatoms. The minimum atomic E-state index is -0.0966. The monoisotopic (exact) mass is 297 g/mol. The standard InChI is InChI=1S/C17H19N3O2/c1-11-5-6-18-15-4-3-13(10-14(11)15)17(22)20-8-7-19-16(21)9-12(20)2/h3-6,10,12H,7-9H2,1-2H3,(H,19,21). The fourth-order valence-corrected chi connectivity index (χ4v) is 2.87. The molecule has 2 aromatic rings. The Labute approximate surface area is 129 Å². The Morgan fingerprint density at radius 3 is 3.00 bits per heavy atom. The topological polar surface area (TPSA) is 62.3 Å². The molecule has 3 rings (SSSR count). The van der Waals surface area contributed by atoms with Gasteiger partial charge in [0.05, 0.1) is 5.52 Å². The predicted octanol–water partition coefficient (Wildman–Crippen LogP) is 1.89. The first kappa shape index (κ1) is 14.5. The molecule has 0 aliphatic carbocycles. The number of rotatable bonds is 1. The molecule has 1 unspecified atom stereocenters. The number of aromatic nitrogens is 1. The number of benzene rings is 1. The number of nitrogens with one attached hydrogen (secondary N) is 1. The van der Waals surface area contributed by atoms with Gasteiger partial charge in [-0.2, -0.15) is 0 Å². The highest BCUT2D eigenvalue weighted by Crippen LogP contribution is 2.20. The minimum absolute atomic E-state index is 0.00126. The second kappa shape index (κ2) is 5.75. The third-order valence-electron chi connectivity index (χ3n) is 4.16. The molecular formula is C17H19N3O2. The van der Waals surface area contributed by atoms with Crippen LogP contribution in [0.15, 0.2) is 30.5 Å². The quantitative estimate of drug-likeness (QED) is 0.874. The second-order valence-electron chi connectivity index (χ2n) is 5.76. The Bertz CT molecular complexity index is 742. The lowest BCUT2D eigenvalue weighted by molar-refractivity contribution is -0.121. The zero-order valence-corrected chi connectivity index (χ0v) is 12.8. The fraction of sp³-hybridized carbons (Fsp3) is 0.353. The molecule has 1 saturated heterocycles. The van der Waals surface area contributed by atoms with Crippen LogP contribution in [0, 0.1) is 6.92 Å². The molecule has 1 aromatic heterocycles. The zero-order valence-electron chi connectivity index (χ0n) is 12.8. The van der Waals surface area contributed by atoms with Gasteiger partial charge >= 0.3 is 0 Å². The van der Waals surface area contributed by atoms with Gasteiger partial charge in [0.1, 0.15) is 0 Å². The van der Waals surface area contributed by atoms with E-state index < -0.39 is 0 Å². The van der Waals surface area contributed by atoms with Crippen LogP contribution < -0.4 is 5.32 Å². The first-order valence-corrected chi connectivity index (χ1v) is 7.49. The van der Waals surface area contributed by atoms with Crippen molar-refractivity contribution < 1.29 is 9.59 Å². The lowest BCUT2D eigenvalue weighted by Gasteiger charge is -2.26. The maximum Gasteiger partial charge on any atom is 0.254 e. The molecule has 22 heavy (non-hydrogen) atoms. The summed E-state index contributed by atoms with van der Waals surface area (Å²) in [6.45, 7) is 4.96. The van der Waals surface area contributed by atoms with E-state index in [4.69, 9.17) is 0 Å². The summed E-state index contributed by atoms with van der Waals surface area (Å²) in [5.74, 6) is -0.0319. The van der Waals surface area contributed by atoms with Gasteiger partial charge in [-0.1, -0.05) is 0 Å². The molecule has 1 aromatic carbocycles. The molecule has 1 fully saturated rings. The molecule has 2 heterocycles. The van der Waals surface area contributed by atoms with Crippen molar-refractivity contribution in [1.82, 2.24) is 15.2 Å². The van der Waals surface area contributed by atoms with Crippen molar-refractivity contribution in [3.05, 3.63) is 41.6 Å². The molecule has 1 atom stereocenters. The highest BCUT2D eigenvalue weighted by molar-refractivity contribution is 5.99. The number of carbonyl (C=O) groups is 2. The Hall–Kier alpha value is -2.43. The number of nitrogens with zero attached hydrogens (tertiary/aromatic N) is 2. The van der Waals surface area contributed by atoms with Crippen LogP contribution in [0.2, 0.25) is 0 Å². The van der Waals surface area contributed by atoms with Crippen LogP contribution in [-0.2, 0) is 4.79 Å². The molecule has 1 N–H and O–H groups in total. The van der Waals surface area contributed by atoms with Gasteiger partial charge in [0, 0.05) is 42.7 Å². The molecule has 114 valence electrons. The Morgan fingerprint density at radius 2 is 2.18 bits per heavy atom. The van der Waals surface area contributed by atoms with Crippen molar-refractivity contribution in [1.29, 1.82) is 0 Å². The average Bonchev–Trinajstić information content (AvgIpc) is 2.67. The summed E-state index contributed by atoms with van der Waals surface area (Å²) in [5, 5.41) is 3.80. The largest absolute Gasteiger partial charge is 0.354 e. The lowest BCUT2D eigenvalue weighted by Crippen LogP contribution is -2.39. The van der Waals surface area contributed by atoms with E-state index in [0.717, 1.165) is 16.5 Å². The van der Waals surface area contributed by atoms with Crippen LogP contribution in [0.5, 0.6) is 0 Å². The minimum Gasteiger partial charge on any atom is -0.354 e. The van der Waals surface area contributed by atoms with Gasteiger partial charge in [-0.05, 0) is 43.7 Å². The second-order valence-corrected chi connectivity index (χ2v) is 5.76. The van der Waals surface area contributed by atoms with Gasteiger partial charge in [0.25, 0.3) is 5.91 Å². The molecule has 2 amide bonds. The molecule has 0 saturated carbocycles. The van der Waals surface area contributed by atoms with Crippen LogP contribution in [0.3, 0.4) is 0 Å².